The summed E-state index contributed by atoms with van der Waals surface area (Å²) in [5.74, 6) is 1.40. The summed E-state index contributed by atoms with van der Waals surface area (Å²) in [5.41, 5.74) is 0.473. The monoisotopic (exact) mass is 306 g/mol. The molecule has 0 heterocycles. The number of nitrogens with zero attached hydrogens (tertiary/aromatic N) is 1. The van der Waals surface area contributed by atoms with Gasteiger partial charge in [0, 0.05) is 12.6 Å². The molecule has 2 rings (SSSR count). The second-order valence-corrected chi connectivity index (χ2v) is 8.04. The highest BCUT2D eigenvalue weighted by Gasteiger charge is 2.29. The molecular formula is C16H22N2O2S. The van der Waals surface area contributed by atoms with E-state index < -0.39 is 9.84 Å². The van der Waals surface area contributed by atoms with Gasteiger partial charge in [-0.25, -0.2) is 8.42 Å². The molecule has 0 amide bonds. The van der Waals surface area contributed by atoms with Gasteiger partial charge in [0.05, 0.1) is 22.3 Å². The number of nitrogens with one attached hydrogen (secondary N) is 1. The Morgan fingerprint density at radius 1 is 1.24 bits per heavy atom. The molecule has 0 bridgehead atoms. The van der Waals surface area contributed by atoms with Gasteiger partial charge in [-0.1, -0.05) is 13.8 Å². The molecule has 0 saturated heterocycles. The molecule has 0 spiro atoms. The Hall–Kier alpha value is -1.38. The Kier molecular flexibility index (Phi) is 5.02. The number of nitriles is 1. The van der Waals surface area contributed by atoms with Crippen molar-refractivity contribution < 1.29 is 8.42 Å². The third-order valence-electron chi connectivity index (χ3n) is 4.59. The summed E-state index contributed by atoms with van der Waals surface area (Å²) in [7, 11) is -3.28. The maximum Gasteiger partial charge on any atom is 0.179 e. The lowest BCUT2D eigenvalue weighted by Crippen LogP contribution is -2.35. The molecule has 4 nitrogen and oxygen atoms in total. The minimum Gasteiger partial charge on any atom is -0.313 e. The highest BCUT2D eigenvalue weighted by Crippen LogP contribution is 2.30. The Morgan fingerprint density at radius 3 is 2.43 bits per heavy atom. The van der Waals surface area contributed by atoms with E-state index >= 15 is 0 Å². The molecule has 1 aromatic carbocycles. The van der Waals surface area contributed by atoms with E-state index in [0.717, 1.165) is 6.42 Å². The molecule has 1 saturated carbocycles. The van der Waals surface area contributed by atoms with Gasteiger partial charge < -0.3 is 5.32 Å². The first-order valence-electron chi connectivity index (χ1n) is 7.40. The van der Waals surface area contributed by atoms with Crippen LogP contribution < -0.4 is 5.32 Å². The molecule has 0 radical (unpaired) electrons. The van der Waals surface area contributed by atoms with Crippen molar-refractivity contribution in [3.8, 4) is 6.07 Å². The molecule has 0 aliphatic heterocycles. The number of hydrogen-bond donors (Lipinski definition) is 1. The molecule has 21 heavy (non-hydrogen) atoms. The summed E-state index contributed by atoms with van der Waals surface area (Å²) >= 11 is 0. The molecule has 3 unspecified atom stereocenters. The number of sulfone groups is 1. The fourth-order valence-electron chi connectivity index (χ4n) is 2.89. The van der Waals surface area contributed by atoms with Crippen LogP contribution in [0.15, 0.2) is 29.2 Å². The first kappa shape index (κ1) is 16.0. The SMILES string of the molecule is CC1CCC(NCCS(=O)(=O)c2ccc(C#N)cc2)C1C. The summed E-state index contributed by atoms with van der Waals surface area (Å²) < 4.78 is 24.5. The molecular weight excluding hydrogens is 284 g/mol. The van der Waals surface area contributed by atoms with Gasteiger partial charge >= 0.3 is 0 Å². The van der Waals surface area contributed by atoms with Gasteiger partial charge in [0.1, 0.15) is 0 Å². The zero-order valence-electron chi connectivity index (χ0n) is 12.5. The lowest BCUT2D eigenvalue weighted by molar-refractivity contribution is 0.376. The van der Waals surface area contributed by atoms with Crippen molar-refractivity contribution in [1.82, 2.24) is 5.32 Å². The van der Waals surface area contributed by atoms with Crippen molar-refractivity contribution in [2.45, 2.75) is 37.6 Å². The third-order valence-corrected chi connectivity index (χ3v) is 6.32. The topological polar surface area (TPSA) is 70.0 Å². The van der Waals surface area contributed by atoms with Crippen molar-refractivity contribution in [3.05, 3.63) is 29.8 Å². The van der Waals surface area contributed by atoms with Crippen LogP contribution in [0, 0.1) is 23.2 Å². The Bertz CT molecular complexity index is 617. The van der Waals surface area contributed by atoms with Gasteiger partial charge in [-0.15, -0.1) is 0 Å². The van der Waals surface area contributed by atoms with E-state index in [4.69, 9.17) is 5.26 Å². The molecule has 1 aliphatic rings. The second-order valence-electron chi connectivity index (χ2n) is 5.93. The molecule has 114 valence electrons. The molecule has 1 N–H and O–H groups in total. The van der Waals surface area contributed by atoms with Crippen LogP contribution in [0.2, 0.25) is 0 Å². The van der Waals surface area contributed by atoms with E-state index in [2.05, 4.69) is 19.2 Å². The van der Waals surface area contributed by atoms with Crippen LogP contribution in [0.25, 0.3) is 0 Å². The number of hydrogen-bond acceptors (Lipinski definition) is 4. The minimum absolute atomic E-state index is 0.0938. The van der Waals surface area contributed by atoms with Gasteiger partial charge in [0.25, 0.3) is 0 Å². The van der Waals surface area contributed by atoms with Crippen molar-refractivity contribution in [3.63, 3.8) is 0 Å². The summed E-state index contributed by atoms with van der Waals surface area (Å²) in [6, 6.07) is 8.52. The molecule has 3 atom stereocenters. The van der Waals surface area contributed by atoms with Gasteiger partial charge in [0.2, 0.25) is 0 Å². The summed E-state index contributed by atoms with van der Waals surface area (Å²) in [6.07, 6.45) is 2.33. The molecule has 0 aromatic heterocycles. The Balaban J connectivity index is 1.91. The van der Waals surface area contributed by atoms with Crippen LogP contribution in [0.1, 0.15) is 32.3 Å². The first-order chi connectivity index (χ1) is 9.94. The average Bonchev–Trinajstić information content (AvgIpc) is 2.79. The van der Waals surface area contributed by atoms with Crippen LogP contribution in [0.3, 0.4) is 0 Å². The van der Waals surface area contributed by atoms with Crippen LogP contribution in [0.5, 0.6) is 0 Å². The van der Waals surface area contributed by atoms with E-state index in [1.807, 2.05) is 6.07 Å². The van der Waals surface area contributed by atoms with Crippen molar-refractivity contribution in [2.24, 2.45) is 11.8 Å². The van der Waals surface area contributed by atoms with Crippen molar-refractivity contribution in [2.75, 3.05) is 12.3 Å². The van der Waals surface area contributed by atoms with E-state index in [9.17, 15) is 8.42 Å². The van der Waals surface area contributed by atoms with E-state index in [-0.39, 0.29) is 10.6 Å². The van der Waals surface area contributed by atoms with Crippen LogP contribution in [-0.4, -0.2) is 26.8 Å². The van der Waals surface area contributed by atoms with E-state index in [0.29, 0.717) is 30.0 Å². The first-order valence-corrected chi connectivity index (χ1v) is 9.05. The molecule has 1 aromatic rings. The maximum atomic E-state index is 12.2. The van der Waals surface area contributed by atoms with Crippen molar-refractivity contribution in [1.29, 1.82) is 5.26 Å². The highest BCUT2D eigenvalue weighted by atomic mass is 32.2. The van der Waals surface area contributed by atoms with E-state index in [1.165, 1.54) is 18.6 Å². The lowest BCUT2D eigenvalue weighted by Gasteiger charge is -2.19. The fraction of sp³-hybridized carbons (Fsp3) is 0.562. The predicted octanol–water partition coefficient (Wildman–Crippen LogP) is 2.36. The Labute approximate surface area is 127 Å². The third kappa shape index (κ3) is 3.84. The summed E-state index contributed by atoms with van der Waals surface area (Å²) in [6.45, 7) is 4.95. The smallest absolute Gasteiger partial charge is 0.179 e. The van der Waals surface area contributed by atoms with Crippen molar-refractivity contribution >= 4 is 9.84 Å². The minimum atomic E-state index is -3.28. The largest absolute Gasteiger partial charge is 0.313 e. The average molecular weight is 306 g/mol. The van der Waals surface area contributed by atoms with Gasteiger partial charge in [-0.2, -0.15) is 5.26 Å². The van der Waals surface area contributed by atoms with Gasteiger partial charge in [-0.3, -0.25) is 0 Å². The second kappa shape index (κ2) is 6.59. The van der Waals surface area contributed by atoms with Gasteiger partial charge in [0.15, 0.2) is 9.84 Å². The van der Waals surface area contributed by atoms with Crippen LogP contribution >= 0.6 is 0 Å². The molecule has 5 heteroatoms. The van der Waals surface area contributed by atoms with Gasteiger partial charge in [-0.05, 0) is 48.9 Å². The van der Waals surface area contributed by atoms with Crippen LogP contribution in [0.4, 0.5) is 0 Å². The normalized spacial score (nSPS) is 25.7. The Morgan fingerprint density at radius 2 is 1.90 bits per heavy atom. The molecule has 1 fully saturated rings. The maximum absolute atomic E-state index is 12.2. The standard InChI is InChI=1S/C16H22N2O2S/c1-12-3-8-16(13(12)2)18-9-10-21(19,20)15-6-4-14(11-17)5-7-15/h4-7,12-13,16,18H,3,8-10H2,1-2H3. The predicted molar refractivity (Wildman–Crippen MR) is 82.6 cm³/mol. The quantitative estimate of drug-likeness (QED) is 0.906. The zero-order valence-corrected chi connectivity index (χ0v) is 13.4. The fourth-order valence-corrected chi connectivity index (χ4v) is 4.06. The zero-order chi connectivity index (χ0) is 15.5. The summed E-state index contributed by atoms with van der Waals surface area (Å²) in [4.78, 5) is 0.288. The highest BCUT2D eigenvalue weighted by molar-refractivity contribution is 7.91. The number of benzene rings is 1. The van der Waals surface area contributed by atoms with E-state index in [1.54, 1.807) is 12.1 Å². The molecule has 1 aliphatic carbocycles. The summed E-state index contributed by atoms with van der Waals surface area (Å²) in [5, 5.41) is 12.1. The van der Waals surface area contributed by atoms with Crippen LogP contribution in [-0.2, 0) is 9.84 Å². The number of rotatable bonds is 5. The lowest BCUT2D eigenvalue weighted by atomic mass is 9.98.